The van der Waals surface area contributed by atoms with E-state index in [0.29, 0.717) is 6.07 Å². The molecule has 0 amide bonds. The van der Waals surface area contributed by atoms with Crippen LogP contribution >= 0.6 is 0 Å². The lowest BCUT2D eigenvalue weighted by molar-refractivity contribution is -0.385. The lowest BCUT2D eigenvalue weighted by Gasteiger charge is -2.14. The first-order valence-electron chi connectivity index (χ1n) is 4.44. The molecule has 0 fully saturated rings. The molecule has 5 nitrogen and oxygen atoms in total. The molecule has 0 aromatic heterocycles. The highest BCUT2D eigenvalue weighted by molar-refractivity contribution is 5.54. The maximum Gasteiger partial charge on any atom is 0.419 e. The van der Waals surface area contributed by atoms with Crippen LogP contribution in [0.5, 0.6) is 5.75 Å². The second-order valence-electron chi connectivity index (χ2n) is 3.10. The third kappa shape index (κ3) is 2.47. The highest BCUT2D eigenvalue weighted by atomic mass is 19.4. The smallest absolute Gasteiger partial charge is 0.419 e. The van der Waals surface area contributed by atoms with Crippen LogP contribution in [0.1, 0.15) is 11.1 Å². The molecule has 0 radical (unpaired) electrons. The van der Waals surface area contributed by atoms with Crippen LogP contribution in [-0.4, -0.2) is 12.0 Å². The summed E-state index contributed by atoms with van der Waals surface area (Å²) in [5.74, 6) is -0.603. The van der Waals surface area contributed by atoms with Gasteiger partial charge in [-0.1, -0.05) is 0 Å². The number of nitro benzene ring substituents is 1. The van der Waals surface area contributed by atoms with Gasteiger partial charge in [0, 0.05) is 12.6 Å². The lowest BCUT2D eigenvalue weighted by atomic mass is 10.1. The molecular weight excluding hydrogens is 241 g/mol. The Bertz CT molecular complexity index is 446. The van der Waals surface area contributed by atoms with E-state index >= 15 is 0 Å². The minimum atomic E-state index is -4.65. The van der Waals surface area contributed by atoms with E-state index in [4.69, 9.17) is 5.73 Å². The summed E-state index contributed by atoms with van der Waals surface area (Å²) in [5.41, 5.74) is 3.39. The molecule has 2 N–H and O–H groups in total. The molecule has 94 valence electrons. The van der Waals surface area contributed by atoms with Gasteiger partial charge in [0.15, 0.2) is 0 Å². The van der Waals surface area contributed by atoms with E-state index in [9.17, 15) is 23.3 Å². The third-order valence-electron chi connectivity index (χ3n) is 2.15. The first-order valence-corrected chi connectivity index (χ1v) is 4.44. The van der Waals surface area contributed by atoms with Crippen molar-refractivity contribution < 1.29 is 22.8 Å². The fourth-order valence-corrected chi connectivity index (χ4v) is 1.44. The normalized spacial score (nSPS) is 11.4. The Labute approximate surface area is 94.1 Å². The molecule has 0 saturated heterocycles. The molecule has 0 aliphatic heterocycles. The van der Waals surface area contributed by atoms with Crippen LogP contribution in [0.4, 0.5) is 18.9 Å². The number of methoxy groups -OCH3 is 1. The minimum Gasteiger partial charge on any atom is -0.496 e. The van der Waals surface area contributed by atoms with Gasteiger partial charge in [0.2, 0.25) is 0 Å². The van der Waals surface area contributed by atoms with Crippen LogP contribution < -0.4 is 10.5 Å². The molecule has 8 heteroatoms. The monoisotopic (exact) mass is 250 g/mol. The average Bonchev–Trinajstić information content (AvgIpc) is 2.25. The van der Waals surface area contributed by atoms with E-state index in [0.717, 1.165) is 13.2 Å². The topological polar surface area (TPSA) is 78.4 Å². The number of hydrogen-bond donors (Lipinski definition) is 1. The van der Waals surface area contributed by atoms with Crippen molar-refractivity contribution in [3.05, 3.63) is 33.4 Å². The first kappa shape index (κ1) is 13.2. The van der Waals surface area contributed by atoms with Crippen LogP contribution in [-0.2, 0) is 12.7 Å². The molecule has 1 aromatic carbocycles. The molecule has 0 unspecified atom stereocenters. The van der Waals surface area contributed by atoms with E-state index in [1.807, 2.05) is 0 Å². The van der Waals surface area contributed by atoms with Crippen molar-refractivity contribution in [1.29, 1.82) is 0 Å². The van der Waals surface area contributed by atoms with Gasteiger partial charge in [-0.05, 0) is 6.07 Å². The zero-order valence-electron chi connectivity index (χ0n) is 8.75. The Morgan fingerprint density at radius 1 is 1.47 bits per heavy atom. The summed E-state index contributed by atoms with van der Waals surface area (Å²) >= 11 is 0. The summed E-state index contributed by atoms with van der Waals surface area (Å²) < 4.78 is 42.4. The Hall–Kier alpha value is -1.83. The van der Waals surface area contributed by atoms with E-state index in [-0.39, 0.29) is 5.56 Å². The van der Waals surface area contributed by atoms with Crippen molar-refractivity contribution in [2.75, 3.05) is 7.11 Å². The largest absolute Gasteiger partial charge is 0.496 e. The van der Waals surface area contributed by atoms with Gasteiger partial charge < -0.3 is 10.5 Å². The maximum atomic E-state index is 12.6. The SMILES string of the molecule is COc1c(C(F)(F)F)ccc([N+](=O)[O-])c1CN. The highest BCUT2D eigenvalue weighted by Crippen LogP contribution is 2.41. The van der Waals surface area contributed by atoms with Gasteiger partial charge in [-0.25, -0.2) is 0 Å². The average molecular weight is 250 g/mol. The lowest BCUT2D eigenvalue weighted by Crippen LogP contribution is -2.12. The van der Waals surface area contributed by atoms with E-state index in [1.165, 1.54) is 0 Å². The molecule has 0 bridgehead atoms. The molecular formula is C9H9F3N2O3. The Morgan fingerprint density at radius 2 is 2.06 bits per heavy atom. The van der Waals surface area contributed by atoms with Gasteiger partial charge >= 0.3 is 6.18 Å². The number of alkyl halides is 3. The van der Waals surface area contributed by atoms with Gasteiger partial charge in [0.25, 0.3) is 5.69 Å². The van der Waals surface area contributed by atoms with Crippen molar-refractivity contribution in [3.63, 3.8) is 0 Å². The van der Waals surface area contributed by atoms with Crippen LogP contribution in [0, 0.1) is 10.1 Å². The van der Waals surface area contributed by atoms with Gasteiger partial charge in [-0.2, -0.15) is 13.2 Å². The highest BCUT2D eigenvalue weighted by Gasteiger charge is 2.37. The molecule has 1 rings (SSSR count). The van der Waals surface area contributed by atoms with Gasteiger partial charge in [0.1, 0.15) is 5.75 Å². The van der Waals surface area contributed by atoms with Gasteiger partial charge in [0.05, 0.1) is 23.2 Å². The maximum absolute atomic E-state index is 12.6. The van der Waals surface area contributed by atoms with E-state index in [1.54, 1.807) is 0 Å². The second-order valence-corrected chi connectivity index (χ2v) is 3.10. The predicted molar refractivity (Wildman–Crippen MR) is 52.5 cm³/mol. The number of rotatable bonds is 3. The summed E-state index contributed by atoms with van der Waals surface area (Å²) in [6.45, 7) is -0.413. The number of hydrogen-bond acceptors (Lipinski definition) is 4. The molecule has 0 aliphatic carbocycles. The predicted octanol–water partition coefficient (Wildman–Crippen LogP) is 2.08. The molecule has 1 aromatic rings. The molecule has 0 aliphatic rings. The van der Waals surface area contributed by atoms with Crippen molar-refractivity contribution in [2.24, 2.45) is 5.73 Å². The fourth-order valence-electron chi connectivity index (χ4n) is 1.44. The summed E-state index contributed by atoms with van der Waals surface area (Å²) in [5, 5.41) is 10.6. The molecule has 0 spiro atoms. The van der Waals surface area contributed by atoms with Crippen LogP contribution in [0.2, 0.25) is 0 Å². The number of ether oxygens (including phenoxy) is 1. The number of nitro groups is 1. The summed E-state index contributed by atoms with van der Waals surface area (Å²) in [6, 6.07) is 1.38. The Kier molecular flexibility index (Phi) is 3.56. The first-order chi connectivity index (χ1) is 7.82. The second kappa shape index (κ2) is 4.58. The molecule has 17 heavy (non-hydrogen) atoms. The van der Waals surface area contributed by atoms with Crippen molar-refractivity contribution in [1.82, 2.24) is 0 Å². The summed E-state index contributed by atoms with van der Waals surface area (Å²) in [7, 11) is 1.01. The zero-order valence-corrected chi connectivity index (χ0v) is 8.75. The van der Waals surface area contributed by atoms with Crippen molar-refractivity contribution in [3.8, 4) is 5.75 Å². The Balaban J connectivity index is 3.54. The summed E-state index contributed by atoms with van der Waals surface area (Å²) in [4.78, 5) is 9.82. The molecule has 0 atom stereocenters. The molecule has 0 heterocycles. The zero-order chi connectivity index (χ0) is 13.2. The van der Waals surface area contributed by atoms with Crippen molar-refractivity contribution in [2.45, 2.75) is 12.7 Å². The molecule has 0 saturated carbocycles. The quantitative estimate of drug-likeness (QED) is 0.658. The summed E-state index contributed by atoms with van der Waals surface area (Å²) in [6.07, 6.45) is -4.65. The fraction of sp³-hybridized carbons (Fsp3) is 0.333. The van der Waals surface area contributed by atoms with Crippen LogP contribution in [0.15, 0.2) is 12.1 Å². The van der Waals surface area contributed by atoms with Crippen LogP contribution in [0.25, 0.3) is 0 Å². The number of nitrogens with two attached hydrogens (primary N) is 1. The number of halogens is 3. The van der Waals surface area contributed by atoms with E-state index < -0.39 is 34.6 Å². The minimum absolute atomic E-state index is 0.271. The van der Waals surface area contributed by atoms with Gasteiger partial charge in [-0.3, -0.25) is 10.1 Å². The Morgan fingerprint density at radius 3 is 2.41 bits per heavy atom. The number of nitrogens with zero attached hydrogens (tertiary/aromatic N) is 1. The standard InChI is InChI=1S/C9H9F3N2O3/c1-17-8-5(4-13)7(14(15)16)3-2-6(8)9(10,11)12/h2-3H,4,13H2,1H3. The van der Waals surface area contributed by atoms with Crippen LogP contribution in [0.3, 0.4) is 0 Å². The van der Waals surface area contributed by atoms with Gasteiger partial charge in [-0.15, -0.1) is 0 Å². The third-order valence-corrected chi connectivity index (χ3v) is 2.15. The van der Waals surface area contributed by atoms with Crippen molar-refractivity contribution >= 4 is 5.69 Å². The van der Waals surface area contributed by atoms with E-state index in [2.05, 4.69) is 4.74 Å². The number of benzene rings is 1.